The van der Waals surface area contributed by atoms with Crippen LogP contribution in [0.4, 0.5) is 0 Å². The maximum atomic E-state index is 13.4. The highest BCUT2D eigenvalue weighted by Gasteiger charge is 2.30. The van der Waals surface area contributed by atoms with Crippen LogP contribution in [0.5, 0.6) is 5.75 Å². The number of benzene rings is 1. The average molecular weight is 483 g/mol. The second-order valence-electron chi connectivity index (χ2n) is 8.31. The first-order valence-corrected chi connectivity index (χ1v) is 13.1. The minimum Gasteiger partial charge on any atom is -0.497 e. The zero-order chi connectivity index (χ0) is 23.2. The fourth-order valence-corrected chi connectivity index (χ4v) is 5.48. The van der Waals surface area contributed by atoms with Crippen molar-refractivity contribution >= 4 is 29.0 Å². The molecule has 2 heterocycles. The molecule has 4 rings (SSSR count). The van der Waals surface area contributed by atoms with Crippen LogP contribution in [0, 0.1) is 0 Å². The van der Waals surface area contributed by atoms with Crippen LogP contribution in [0.15, 0.2) is 59.6 Å². The van der Waals surface area contributed by atoms with Gasteiger partial charge in [0.25, 0.3) is 0 Å². The number of hydrogen-bond donors (Lipinski definition) is 0. The summed E-state index contributed by atoms with van der Waals surface area (Å²) in [4.78, 5) is 16.7. The molecule has 0 N–H and O–H groups in total. The van der Waals surface area contributed by atoms with Crippen LogP contribution in [0.2, 0.25) is 0 Å². The molecule has 1 aliphatic carbocycles. The Morgan fingerprint density at radius 3 is 2.76 bits per heavy atom. The number of rotatable bonds is 12. The van der Waals surface area contributed by atoms with Gasteiger partial charge in [0.05, 0.1) is 12.9 Å². The van der Waals surface area contributed by atoms with Gasteiger partial charge >= 0.3 is 0 Å². The molecule has 6 nitrogen and oxygen atoms in total. The van der Waals surface area contributed by atoms with Gasteiger partial charge in [0.2, 0.25) is 5.91 Å². The Kier molecular flexibility index (Phi) is 7.88. The summed E-state index contributed by atoms with van der Waals surface area (Å²) in [5.41, 5.74) is 1.08. The van der Waals surface area contributed by atoms with Gasteiger partial charge in [0.1, 0.15) is 11.6 Å². The van der Waals surface area contributed by atoms with Gasteiger partial charge in [-0.05, 0) is 48.9 Å². The highest BCUT2D eigenvalue weighted by Crippen LogP contribution is 2.40. The molecule has 1 saturated carbocycles. The lowest BCUT2D eigenvalue weighted by atomic mass is 10.1. The Balaban J connectivity index is 1.47. The topological polar surface area (TPSA) is 60.2 Å². The van der Waals surface area contributed by atoms with E-state index in [-0.39, 0.29) is 11.9 Å². The summed E-state index contributed by atoms with van der Waals surface area (Å²) >= 11 is 3.19. The second-order valence-corrected chi connectivity index (χ2v) is 10.3. The van der Waals surface area contributed by atoms with Crippen molar-refractivity contribution in [3.63, 3.8) is 0 Å². The highest BCUT2D eigenvalue weighted by molar-refractivity contribution is 7.99. The van der Waals surface area contributed by atoms with E-state index >= 15 is 0 Å². The van der Waals surface area contributed by atoms with Crippen molar-refractivity contribution in [2.45, 2.75) is 56.4 Å². The van der Waals surface area contributed by atoms with E-state index in [2.05, 4.69) is 45.8 Å². The van der Waals surface area contributed by atoms with Crippen LogP contribution < -0.4 is 4.74 Å². The van der Waals surface area contributed by atoms with Gasteiger partial charge in [0.15, 0.2) is 5.16 Å². The fourth-order valence-electron chi connectivity index (χ4n) is 3.81. The molecule has 0 spiro atoms. The van der Waals surface area contributed by atoms with E-state index in [0.717, 1.165) is 41.6 Å². The molecule has 1 atom stereocenters. The molecule has 0 radical (unpaired) electrons. The zero-order valence-electron chi connectivity index (χ0n) is 19.1. The number of carbonyl (C=O) groups excluding carboxylic acids is 1. The molecule has 1 unspecified atom stereocenters. The number of amides is 1. The van der Waals surface area contributed by atoms with Gasteiger partial charge in [-0.2, -0.15) is 0 Å². The molecule has 174 valence electrons. The zero-order valence-corrected chi connectivity index (χ0v) is 20.8. The maximum absolute atomic E-state index is 13.4. The number of hydrogen-bond acceptors (Lipinski definition) is 6. The van der Waals surface area contributed by atoms with Gasteiger partial charge in [-0.3, -0.25) is 4.79 Å². The van der Waals surface area contributed by atoms with Crippen LogP contribution in [0.1, 0.15) is 41.9 Å². The van der Waals surface area contributed by atoms with E-state index in [4.69, 9.17) is 4.74 Å². The number of aromatic nitrogens is 3. The number of ether oxygens (including phenoxy) is 1. The van der Waals surface area contributed by atoms with Gasteiger partial charge in [-0.1, -0.05) is 36.0 Å². The van der Waals surface area contributed by atoms with Crippen LogP contribution in [-0.4, -0.2) is 44.5 Å². The quantitative estimate of drug-likeness (QED) is 0.263. The van der Waals surface area contributed by atoms with Gasteiger partial charge in [0, 0.05) is 36.3 Å². The number of carbonyl (C=O) groups is 1. The van der Waals surface area contributed by atoms with E-state index in [9.17, 15) is 4.79 Å². The van der Waals surface area contributed by atoms with Crippen LogP contribution >= 0.6 is 23.1 Å². The Labute approximate surface area is 203 Å². The first-order valence-electron chi connectivity index (χ1n) is 11.2. The van der Waals surface area contributed by atoms with Crippen molar-refractivity contribution in [1.29, 1.82) is 0 Å². The Bertz CT molecular complexity index is 1060. The van der Waals surface area contributed by atoms with Crippen LogP contribution in [0.25, 0.3) is 0 Å². The molecule has 1 amide bonds. The molecule has 1 aromatic carbocycles. The van der Waals surface area contributed by atoms with Gasteiger partial charge in [-0.15, -0.1) is 28.1 Å². The highest BCUT2D eigenvalue weighted by atomic mass is 32.2. The Morgan fingerprint density at radius 1 is 1.33 bits per heavy atom. The molecule has 1 aliphatic rings. The van der Waals surface area contributed by atoms with E-state index in [1.54, 1.807) is 18.4 Å². The number of allylic oxidation sites excluding steroid dienone is 1. The summed E-state index contributed by atoms with van der Waals surface area (Å²) < 4.78 is 7.38. The molecular formula is C25H30N4O2S2. The number of methoxy groups -OCH3 is 1. The smallest absolute Gasteiger partial charge is 0.233 e. The van der Waals surface area contributed by atoms with Gasteiger partial charge < -0.3 is 14.2 Å². The third-order valence-electron chi connectivity index (χ3n) is 5.77. The van der Waals surface area contributed by atoms with Crippen molar-refractivity contribution in [1.82, 2.24) is 19.7 Å². The molecule has 0 saturated heterocycles. The standard InChI is InChI=1S/C25H30N4O2S2/c1-4-13-28-24(20-9-10-20)26-27-25(28)33-17-23(30)29(18(2)15-22-6-5-14-32-22)16-19-7-11-21(31-3)12-8-19/h4-8,11-12,14,18,20H,1,9-10,13,15-17H2,2-3H3. The summed E-state index contributed by atoms with van der Waals surface area (Å²) in [6.45, 7) is 7.22. The van der Waals surface area contributed by atoms with Crippen LogP contribution in [0.3, 0.4) is 0 Å². The summed E-state index contributed by atoms with van der Waals surface area (Å²) in [6, 6.07) is 12.2. The van der Waals surface area contributed by atoms with Gasteiger partial charge in [-0.25, -0.2) is 0 Å². The normalized spacial score (nSPS) is 14.1. The molecule has 3 aromatic rings. The lowest BCUT2D eigenvalue weighted by Gasteiger charge is -2.29. The molecular weight excluding hydrogens is 452 g/mol. The lowest BCUT2D eigenvalue weighted by molar-refractivity contribution is -0.131. The Morgan fingerprint density at radius 2 is 2.12 bits per heavy atom. The van der Waals surface area contributed by atoms with Crippen molar-refractivity contribution in [2.75, 3.05) is 12.9 Å². The molecule has 2 aromatic heterocycles. The minimum absolute atomic E-state index is 0.0759. The van der Waals surface area contributed by atoms with Crippen molar-refractivity contribution in [2.24, 2.45) is 0 Å². The summed E-state index contributed by atoms with van der Waals surface area (Å²) in [7, 11) is 1.66. The number of thioether (sulfide) groups is 1. The van der Waals surface area contributed by atoms with E-state index in [1.807, 2.05) is 35.2 Å². The fraction of sp³-hybridized carbons (Fsp3) is 0.400. The number of thiophene rings is 1. The predicted molar refractivity (Wildman–Crippen MR) is 134 cm³/mol. The predicted octanol–water partition coefficient (Wildman–Crippen LogP) is 5.16. The third kappa shape index (κ3) is 6.06. The minimum atomic E-state index is 0.0759. The summed E-state index contributed by atoms with van der Waals surface area (Å²) in [5.74, 6) is 2.75. The van der Waals surface area contributed by atoms with Crippen LogP contribution in [-0.2, 0) is 24.3 Å². The Hall–Kier alpha value is -2.58. The summed E-state index contributed by atoms with van der Waals surface area (Å²) in [6.07, 6.45) is 5.02. The first kappa shape index (κ1) is 23.6. The molecule has 0 bridgehead atoms. The first-order chi connectivity index (χ1) is 16.1. The van der Waals surface area contributed by atoms with Crippen molar-refractivity contribution in [3.05, 3.63) is 70.7 Å². The van der Waals surface area contributed by atoms with E-state index in [0.29, 0.717) is 24.8 Å². The van der Waals surface area contributed by atoms with Crippen molar-refractivity contribution < 1.29 is 9.53 Å². The average Bonchev–Trinajstić information content (AvgIpc) is 3.39. The molecule has 1 fully saturated rings. The van der Waals surface area contributed by atoms with E-state index < -0.39 is 0 Å². The maximum Gasteiger partial charge on any atom is 0.233 e. The molecule has 0 aliphatic heterocycles. The van der Waals surface area contributed by atoms with Crippen molar-refractivity contribution in [3.8, 4) is 5.75 Å². The molecule has 8 heteroatoms. The summed E-state index contributed by atoms with van der Waals surface area (Å²) in [5, 5.41) is 11.7. The second kappa shape index (κ2) is 11.0. The lowest BCUT2D eigenvalue weighted by Crippen LogP contribution is -2.40. The largest absolute Gasteiger partial charge is 0.497 e. The monoisotopic (exact) mass is 482 g/mol. The number of nitrogens with zero attached hydrogens (tertiary/aromatic N) is 4. The third-order valence-corrected chi connectivity index (χ3v) is 7.62. The van der Waals surface area contributed by atoms with E-state index in [1.165, 1.54) is 16.6 Å². The SMILES string of the molecule is C=CCn1c(SCC(=O)N(Cc2ccc(OC)cc2)C(C)Cc2cccs2)nnc1C1CC1. The molecule has 33 heavy (non-hydrogen) atoms.